The fraction of sp³-hybridized carbons (Fsp3) is 0.667. The lowest BCUT2D eigenvalue weighted by atomic mass is 9.81. The van der Waals surface area contributed by atoms with Gasteiger partial charge in [0.15, 0.2) is 0 Å². The molecule has 28 heavy (non-hydrogen) atoms. The normalized spacial score (nSPS) is 26.0. The molecule has 4 rings (SSSR count). The Morgan fingerprint density at radius 1 is 1.11 bits per heavy atom. The van der Waals surface area contributed by atoms with Gasteiger partial charge in [-0.3, -0.25) is 14.5 Å². The Morgan fingerprint density at radius 3 is 2.57 bits per heavy atom. The molecule has 152 valence electrons. The van der Waals surface area contributed by atoms with Crippen LogP contribution in [0.5, 0.6) is 5.88 Å². The third-order valence-corrected chi connectivity index (χ3v) is 6.39. The second-order valence-electron chi connectivity index (χ2n) is 8.17. The quantitative estimate of drug-likeness (QED) is 0.834. The van der Waals surface area contributed by atoms with E-state index in [9.17, 15) is 9.59 Å². The summed E-state index contributed by atoms with van der Waals surface area (Å²) < 4.78 is 5.86. The fourth-order valence-corrected chi connectivity index (χ4v) is 4.30. The zero-order valence-corrected chi connectivity index (χ0v) is 16.6. The maximum absolute atomic E-state index is 12.8. The highest BCUT2D eigenvalue weighted by atomic mass is 16.5. The van der Waals surface area contributed by atoms with Crippen LogP contribution in [-0.4, -0.2) is 72.0 Å². The lowest BCUT2D eigenvalue weighted by molar-refractivity contribution is -0.141. The molecule has 0 spiro atoms. The van der Waals surface area contributed by atoms with Gasteiger partial charge in [-0.1, -0.05) is 6.42 Å². The number of hydrogen-bond donors (Lipinski definition) is 1. The molecule has 3 aliphatic rings. The minimum atomic E-state index is -0.165. The third kappa shape index (κ3) is 4.14. The fourth-order valence-electron chi connectivity index (χ4n) is 4.30. The number of ether oxygens (including phenoxy) is 1. The minimum absolute atomic E-state index is 0.0331. The van der Waals surface area contributed by atoms with Crippen LogP contribution in [0.15, 0.2) is 18.3 Å². The number of hydrogen-bond acceptors (Lipinski definition) is 5. The van der Waals surface area contributed by atoms with Crippen LogP contribution < -0.4 is 10.1 Å². The van der Waals surface area contributed by atoms with Crippen LogP contribution in [0.4, 0.5) is 0 Å². The number of amides is 2. The molecule has 2 heterocycles. The summed E-state index contributed by atoms with van der Waals surface area (Å²) in [6.07, 6.45) is 8.14. The van der Waals surface area contributed by atoms with Crippen molar-refractivity contribution in [1.82, 2.24) is 20.1 Å². The van der Waals surface area contributed by atoms with Crippen LogP contribution >= 0.6 is 0 Å². The van der Waals surface area contributed by atoms with Crippen molar-refractivity contribution in [1.29, 1.82) is 0 Å². The third-order valence-electron chi connectivity index (χ3n) is 6.39. The summed E-state index contributed by atoms with van der Waals surface area (Å²) in [4.78, 5) is 33.2. The van der Waals surface area contributed by atoms with E-state index in [0.29, 0.717) is 17.4 Å². The van der Waals surface area contributed by atoms with Crippen molar-refractivity contribution in [2.24, 2.45) is 5.92 Å². The zero-order chi connectivity index (χ0) is 19.5. The Bertz CT molecular complexity index is 698. The molecule has 1 saturated heterocycles. The highest BCUT2D eigenvalue weighted by Gasteiger charge is 2.39. The van der Waals surface area contributed by atoms with Crippen LogP contribution in [0.25, 0.3) is 0 Å². The molecule has 1 aromatic heterocycles. The molecule has 2 aliphatic carbocycles. The van der Waals surface area contributed by atoms with E-state index in [4.69, 9.17) is 4.74 Å². The average molecular weight is 386 g/mol. The average Bonchev–Trinajstić information content (AvgIpc) is 2.88. The Balaban J connectivity index is 1.22. The summed E-state index contributed by atoms with van der Waals surface area (Å²) >= 11 is 0. The maximum Gasteiger partial charge on any atom is 0.252 e. The number of rotatable bonds is 5. The lowest BCUT2D eigenvalue weighted by Crippen LogP contribution is -2.47. The van der Waals surface area contributed by atoms with Crippen LogP contribution in [0.3, 0.4) is 0 Å². The number of aromatic nitrogens is 1. The molecule has 3 fully saturated rings. The van der Waals surface area contributed by atoms with Gasteiger partial charge in [0.1, 0.15) is 6.10 Å². The lowest BCUT2D eigenvalue weighted by Gasteiger charge is -2.38. The maximum atomic E-state index is 12.8. The smallest absolute Gasteiger partial charge is 0.252 e. The predicted molar refractivity (Wildman–Crippen MR) is 105 cm³/mol. The number of nitrogens with one attached hydrogen (secondary N) is 1. The first-order chi connectivity index (χ1) is 13.6. The molecule has 1 aromatic rings. The van der Waals surface area contributed by atoms with Crippen LogP contribution in [0, 0.1) is 5.92 Å². The summed E-state index contributed by atoms with van der Waals surface area (Å²) in [5.74, 6) is 0.708. The Kier molecular flexibility index (Phi) is 5.80. The van der Waals surface area contributed by atoms with Gasteiger partial charge in [-0.25, -0.2) is 4.98 Å². The van der Waals surface area contributed by atoms with E-state index >= 15 is 0 Å². The van der Waals surface area contributed by atoms with Crippen molar-refractivity contribution >= 4 is 11.8 Å². The van der Waals surface area contributed by atoms with Gasteiger partial charge in [0, 0.05) is 57.4 Å². The Labute approximate surface area is 166 Å². The van der Waals surface area contributed by atoms with Crippen molar-refractivity contribution in [3.8, 4) is 5.88 Å². The molecular formula is C21H30N4O3. The van der Waals surface area contributed by atoms with E-state index in [1.54, 1.807) is 19.2 Å². The summed E-state index contributed by atoms with van der Waals surface area (Å²) in [5.41, 5.74) is 0.508. The molecular weight excluding hydrogens is 356 g/mol. The number of nitrogens with zero attached hydrogens (tertiary/aromatic N) is 3. The molecule has 0 atom stereocenters. The van der Waals surface area contributed by atoms with E-state index < -0.39 is 0 Å². The van der Waals surface area contributed by atoms with Crippen LogP contribution in [-0.2, 0) is 4.79 Å². The molecule has 0 unspecified atom stereocenters. The first kappa shape index (κ1) is 19.2. The highest BCUT2D eigenvalue weighted by Crippen LogP contribution is 2.33. The van der Waals surface area contributed by atoms with Gasteiger partial charge in [-0.15, -0.1) is 0 Å². The molecule has 7 nitrogen and oxygen atoms in total. The Hall–Kier alpha value is -2.15. The second kappa shape index (κ2) is 8.47. The van der Waals surface area contributed by atoms with E-state index in [1.807, 2.05) is 0 Å². The van der Waals surface area contributed by atoms with E-state index in [-0.39, 0.29) is 17.9 Å². The molecule has 1 N–H and O–H groups in total. The highest BCUT2D eigenvalue weighted by molar-refractivity contribution is 5.93. The molecule has 2 amide bonds. The first-order valence-corrected chi connectivity index (χ1v) is 10.5. The number of pyridine rings is 1. The molecule has 1 aliphatic heterocycles. The van der Waals surface area contributed by atoms with E-state index in [1.165, 1.54) is 25.5 Å². The van der Waals surface area contributed by atoms with E-state index in [2.05, 4.69) is 20.1 Å². The van der Waals surface area contributed by atoms with Crippen LogP contribution in [0.2, 0.25) is 0 Å². The van der Waals surface area contributed by atoms with Gasteiger partial charge in [0.2, 0.25) is 11.8 Å². The van der Waals surface area contributed by atoms with Crippen molar-refractivity contribution in [3.63, 3.8) is 0 Å². The molecule has 2 saturated carbocycles. The summed E-state index contributed by atoms with van der Waals surface area (Å²) in [6.45, 7) is 3.89. The monoisotopic (exact) mass is 386 g/mol. The molecule has 0 bridgehead atoms. The predicted octanol–water partition coefficient (Wildman–Crippen LogP) is 1.69. The van der Waals surface area contributed by atoms with Gasteiger partial charge in [-0.05, 0) is 38.2 Å². The van der Waals surface area contributed by atoms with Crippen molar-refractivity contribution in [2.75, 3.05) is 33.2 Å². The molecule has 0 aromatic carbocycles. The SMILES string of the molecule is CNC(=O)c1ccc(O[C@H]2C[C@@H](C(=O)N3CCCN(C4CCC4)CC3)C2)nc1. The molecule has 7 heteroatoms. The summed E-state index contributed by atoms with van der Waals surface area (Å²) in [6, 6.07) is 4.18. The zero-order valence-electron chi connectivity index (χ0n) is 16.6. The number of carbonyl (C=O) groups is 2. The van der Waals surface area contributed by atoms with Crippen molar-refractivity contribution in [3.05, 3.63) is 23.9 Å². The summed E-state index contributed by atoms with van der Waals surface area (Å²) in [5, 5.41) is 2.57. The van der Waals surface area contributed by atoms with Gasteiger partial charge < -0.3 is 15.0 Å². The van der Waals surface area contributed by atoms with E-state index in [0.717, 1.165) is 51.5 Å². The van der Waals surface area contributed by atoms with Gasteiger partial charge >= 0.3 is 0 Å². The topological polar surface area (TPSA) is 74.8 Å². The largest absolute Gasteiger partial charge is 0.474 e. The standard InChI is InChI=1S/C21H30N4O3/c1-22-20(26)15-6-7-19(23-14-15)28-18-12-16(13-18)21(27)25-9-3-8-24(10-11-25)17-4-2-5-17/h6-7,14,16-18H,2-5,8-13H2,1H3,(H,22,26)/t16-,18+. The van der Waals surface area contributed by atoms with Crippen molar-refractivity contribution < 1.29 is 14.3 Å². The van der Waals surface area contributed by atoms with Crippen molar-refractivity contribution in [2.45, 2.75) is 50.7 Å². The second-order valence-corrected chi connectivity index (χ2v) is 8.17. The number of carbonyl (C=O) groups excluding carboxylic acids is 2. The minimum Gasteiger partial charge on any atom is -0.474 e. The molecule has 0 radical (unpaired) electrons. The van der Waals surface area contributed by atoms with Gasteiger partial charge in [0.05, 0.1) is 5.56 Å². The Morgan fingerprint density at radius 2 is 1.93 bits per heavy atom. The van der Waals surface area contributed by atoms with Gasteiger partial charge in [0.25, 0.3) is 5.91 Å². The summed E-state index contributed by atoms with van der Waals surface area (Å²) in [7, 11) is 1.59. The van der Waals surface area contributed by atoms with Crippen LogP contribution in [0.1, 0.15) is 48.9 Å². The first-order valence-electron chi connectivity index (χ1n) is 10.5. The van der Waals surface area contributed by atoms with Gasteiger partial charge in [-0.2, -0.15) is 0 Å².